The molecular formula is C69H47N3. The Balaban J connectivity index is 1.04. The van der Waals surface area contributed by atoms with Crippen LogP contribution in [0.5, 0.6) is 0 Å². The van der Waals surface area contributed by atoms with Crippen LogP contribution in [0.1, 0.15) is 58.4 Å². The number of allylic oxidation sites excluding steroid dienone is 4. The van der Waals surface area contributed by atoms with Crippen molar-refractivity contribution >= 4 is 16.3 Å². The maximum Gasteiger partial charge on any atom is 0.164 e. The molecule has 3 nitrogen and oxygen atoms in total. The average molecular weight is 918 g/mol. The van der Waals surface area contributed by atoms with E-state index in [1.165, 1.54) is 77.9 Å². The van der Waals surface area contributed by atoms with E-state index in [0.29, 0.717) is 17.5 Å². The van der Waals surface area contributed by atoms with E-state index in [1.807, 2.05) is 18.2 Å². The Labute approximate surface area is 420 Å². The molecule has 0 N–H and O–H groups in total. The van der Waals surface area contributed by atoms with Crippen molar-refractivity contribution in [3.05, 3.63) is 299 Å². The Bertz CT molecular complexity index is 4020. The van der Waals surface area contributed by atoms with Crippen molar-refractivity contribution in [1.29, 1.82) is 0 Å². The lowest BCUT2D eigenvalue weighted by Crippen LogP contribution is -2.44. The van der Waals surface area contributed by atoms with Crippen molar-refractivity contribution in [2.45, 2.75) is 24.7 Å². The Morgan fingerprint density at radius 2 is 0.750 bits per heavy atom. The number of hydrogen-bond acceptors (Lipinski definition) is 3. The first kappa shape index (κ1) is 41.9. The molecule has 0 aliphatic heterocycles. The molecule has 0 saturated carbocycles. The molecule has 3 aliphatic rings. The number of hydrogen-bond donors (Lipinski definition) is 0. The smallest absolute Gasteiger partial charge is 0.164 e. The van der Waals surface area contributed by atoms with Crippen LogP contribution in [0.3, 0.4) is 0 Å². The summed E-state index contributed by atoms with van der Waals surface area (Å²) in [6.45, 7) is 4.50. The molecule has 0 radical (unpaired) electrons. The maximum absolute atomic E-state index is 5.47. The number of aromatic nitrogens is 3. The van der Waals surface area contributed by atoms with E-state index < -0.39 is 10.8 Å². The zero-order valence-electron chi connectivity index (χ0n) is 40.0. The van der Waals surface area contributed by atoms with Gasteiger partial charge in [0.05, 0.1) is 10.8 Å². The second-order valence-corrected chi connectivity index (χ2v) is 19.3. The van der Waals surface area contributed by atoms with E-state index in [-0.39, 0.29) is 0 Å². The van der Waals surface area contributed by atoms with Crippen molar-refractivity contribution in [3.63, 3.8) is 0 Å². The average Bonchev–Trinajstić information content (AvgIpc) is 3.89. The SMILES string of the molecule is C/C=C\C1=C(C)C2(c3ccccc31)c1ccccc1C1(c3ccccc3-c3ccccc31)c1cc(-c3ccccc3-c3nc(-c4ccccc4)nc(-c4ccc(-c5ccccc5)c5ccccc45)n3)ccc12. The molecule has 1 atom stereocenters. The number of nitrogens with zero attached hydrogens (tertiary/aromatic N) is 3. The van der Waals surface area contributed by atoms with E-state index in [1.54, 1.807) is 0 Å². The molecule has 3 aliphatic carbocycles. The fourth-order valence-corrected chi connectivity index (χ4v) is 12.9. The third-order valence-corrected chi connectivity index (χ3v) is 15.8. The second kappa shape index (κ2) is 16.3. The van der Waals surface area contributed by atoms with Gasteiger partial charge in [0, 0.05) is 16.7 Å². The van der Waals surface area contributed by atoms with Crippen LogP contribution in [0.4, 0.5) is 0 Å². The minimum atomic E-state index is -0.609. The summed E-state index contributed by atoms with van der Waals surface area (Å²) >= 11 is 0. The zero-order valence-corrected chi connectivity index (χ0v) is 40.0. The summed E-state index contributed by atoms with van der Waals surface area (Å²) < 4.78 is 0. The lowest BCUT2D eigenvalue weighted by Gasteiger charge is -2.49. The van der Waals surface area contributed by atoms with Gasteiger partial charge in [-0.1, -0.05) is 237 Å². The maximum atomic E-state index is 5.47. The fraction of sp³-hybridized carbons (Fsp3) is 0.0580. The van der Waals surface area contributed by atoms with Crippen LogP contribution in [0, 0.1) is 0 Å². The van der Waals surface area contributed by atoms with E-state index >= 15 is 0 Å². The van der Waals surface area contributed by atoms with E-state index in [2.05, 4.69) is 244 Å². The fourth-order valence-electron chi connectivity index (χ4n) is 12.9. The highest BCUT2D eigenvalue weighted by atomic mass is 15.0. The van der Waals surface area contributed by atoms with Crippen molar-refractivity contribution in [2.75, 3.05) is 0 Å². The summed E-state index contributed by atoms with van der Waals surface area (Å²) in [6.07, 6.45) is 4.50. The van der Waals surface area contributed by atoms with Gasteiger partial charge >= 0.3 is 0 Å². The monoisotopic (exact) mass is 917 g/mol. The lowest BCUT2D eigenvalue weighted by atomic mass is 9.52. The number of fused-ring (bicyclic) bond motifs is 14. The van der Waals surface area contributed by atoms with Crippen LogP contribution in [0.25, 0.3) is 83.9 Å². The molecule has 1 heterocycles. The highest BCUT2D eigenvalue weighted by Crippen LogP contribution is 2.67. The van der Waals surface area contributed by atoms with Gasteiger partial charge in [-0.05, 0) is 126 Å². The minimum Gasteiger partial charge on any atom is -0.208 e. The first-order valence-corrected chi connectivity index (χ1v) is 25.0. The molecule has 3 heteroatoms. The standard InChI is InChI=1S/C69H47N3/c1-3-22-48-44(2)68(58-34-17-14-30-53(48)58)61-37-20-21-38-62(61)69(59-35-18-15-31-54(59)55-32-16-19-36-60(55)69)64-43-47(39-42-63(64)68)49-27-10-13-33-56(49)66-70-65(46-25-8-5-9-26-46)71-67(72-66)57-41-40-50(45-23-6-4-7-24-45)51-28-11-12-29-52(51)57/h3-43H,1-2H3/b22-3-. The highest BCUT2D eigenvalue weighted by molar-refractivity contribution is 6.04. The molecule has 0 fully saturated rings. The Morgan fingerprint density at radius 3 is 1.39 bits per heavy atom. The van der Waals surface area contributed by atoms with Gasteiger partial charge in [-0.3, -0.25) is 0 Å². The number of rotatable bonds is 6. The molecule has 1 unspecified atom stereocenters. The molecule has 72 heavy (non-hydrogen) atoms. The predicted octanol–water partition coefficient (Wildman–Crippen LogP) is 16.7. The molecule has 1 aromatic heterocycles. The number of benzene rings is 10. The Kier molecular flexibility index (Phi) is 9.46. The van der Waals surface area contributed by atoms with Gasteiger partial charge in [-0.25, -0.2) is 15.0 Å². The quantitative estimate of drug-likeness (QED) is 0.167. The molecule has 0 saturated heterocycles. The molecule has 338 valence electrons. The summed E-state index contributed by atoms with van der Waals surface area (Å²) in [5.41, 5.74) is 21.8. The van der Waals surface area contributed by atoms with Gasteiger partial charge in [-0.15, -0.1) is 0 Å². The van der Waals surface area contributed by atoms with Crippen molar-refractivity contribution < 1.29 is 0 Å². The van der Waals surface area contributed by atoms with Crippen LogP contribution in [-0.2, 0) is 10.8 Å². The normalized spacial score (nSPS) is 15.7. The summed E-state index contributed by atoms with van der Waals surface area (Å²) in [4.78, 5) is 16.1. The van der Waals surface area contributed by atoms with E-state index in [9.17, 15) is 0 Å². The lowest BCUT2D eigenvalue weighted by molar-refractivity contribution is 0.623. The first-order valence-electron chi connectivity index (χ1n) is 25.0. The Morgan fingerprint density at radius 1 is 0.306 bits per heavy atom. The van der Waals surface area contributed by atoms with Gasteiger partial charge in [0.25, 0.3) is 0 Å². The third-order valence-electron chi connectivity index (χ3n) is 15.8. The summed E-state index contributed by atoms with van der Waals surface area (Å²) in [5.74, 6) is 1.88. The van der Waals surface area contributed by atoms with Gasteiger partial charge < -0.3 is 0 Å². The summed E-state index contributed by atoms with van der Waals surface area (Å²) in [5, 5.41) is 2.24. The van der Waals surface area contributed by atoms with Crippen LogP contribution in [-0.4, -0.2) is 15.0 Å². The van der Waals surface area contributed by atoms with Gasteiger partial charge in [-0.2, -0.15) is 0 Å². The second-order valence-electron chi connectivity index (χ2n) is 19.3. The molecule has 0 amide bonds. The molecule has 2 spiro atoms. The van der Waals surface area contributed by atoms with Crippen LogP contribution < -0.4 is 0 Å². The zero-order chi connectivity index (χ0) is 48.0. The summed E-state index contributed by atoms with van der Waals surface area (Å²) in [7, 11) is 0. The van der Waals surface area contributed by atoms with Gasteiger partial charge in [0.15, 0.2) is 17.5 Å². The largest absolute Gasteiger partial charge is 0.208 e. The third kappa shape index (κ3) is 5.82. The van der Waals surface area contributed by atoms with Crippen LogP contribution in [0.2, 0.25) is 0 Å². The Hall–Kier alpha value is -9.05. The predicted molar refractivity (Wildman–Crippen MR) is 296 cm³/mol. The molecule has 11 aromatic rings. The van der Waals surface area contributed by atoms with Crippen molar-refractivity contribution in [3.8, 4) is 67.5 Å². The van der Waals surface area contributed by atoms with Crippen LogP contribution >= 0.6 is 0 Å². The highest BCUT2D eigenvalue weighted by Gasteiger charge is 2.58. The van der Waals surface area contributed by atoms with Gasteiger partial charge in [0.2, 0.25) is 0 Å². The van der Waals surface area contributed by atoms with E-state index in [0.717, 1.165) is 38.6 Å². The first-order chi connectivity index (χ1) is 35.6. The molecular weight excluding hydrogens is 871 g/mol. The molecule has 14 rings (SSSR count). The van der Waals surface area contributed by atoms with E-state index in [4.69, 9.17) is 15.0 Å². The molecule has 10 aromatic carbocycles. The molecule has 0 bridgehead atoms. The van der Waals surface area contributed by atoms with Crippen molar-refractivity contribution in [1.82, 2.24) is 15.0 Å². The summed E-state index contributed by atoms with van der Waals surface area (Å²) in [6, 6.07) is 86.5. The topological polar surface area (TPSA) is 38.7 Å². The van der Waals surface area contributed by atoms with Crippen LogP contribution in [0.15, 0.2) is 254 Å². The minimum absolute atomic E-state index is 0.542. The van der Waals surface area contributed by atoms with Crippen molar-refractivity contribution in [2.24, 2.45) is 0 Å². The van der Waals surface area contributed by atoms with Gasteiger partial charge in [0.1, 0.15) is 0 Å².